The maximum Gasteiger partial charge on any atom is 0.135 e. The summed E-state index contributed by atoms with van der Waals surface area (Å²) >= 11 is 0. The molecular weight excluding hydrogens is 322 g/mol. The number of piperidine rings is 1. The molecule has 0 N–H and O–H groups in total. The number of nitriles is 1. The molecule has 26 heavy (non-hydrogen) atoms. The molecule has 0 atom stereocenters. The van der Waals surface area contributed by atoms with Gasteiger partial charge in [-0.15, -0.1) is 10.2 Å². The van der Waals surface area contributed by atoms with Crippen LogP contribution < -0.4 is 4.90 Å². The van der Waals surface area contributed by atoms with E-state index in [0.29, 0.717) is 5.92 Å². The standard InChI is InChI=1S/C21H21N5/c1-25-15-23-24-21(25)17-10-12-26(13-11-17)20-18(14-22)8-5-9-19(20)16-6-3-2-4-7-16/h2-9,15,17H,10-13H2,1H3. The Hall–Kier alpha value is -3.13. The Morgan fingerprint density at radius 2 is 1.81 bits per heavy atom. The van der Waals surface area contributed by atoms with Gasteiger partial charge in [0.2, 0.25) is 0 Å². The Morgan fingerprint density at radius 3 is 2.46 bits per heavy atom. The van der Waals surface area contributed by atoms with E-state index in [1.54, 1.807) is 6.33 Å². The molecular formula is C21H21N5. The number of benzene rings is 2. The van der Waals surface area contributed by atoms with Gasteiger partial charge in [0.05, 0.1) is 11.3 Å². The molecule has 0 amide bonds. The van der Waals surface area contributed by atoms with Crippen molar-refractivity contribution in [2.24, 2.45) is 7.05 Å². The Kier molecular flexibility index (Phi) is 4.40. The summed E-state index contributed by atoms with van der Waals surface area (Å²) in [5.41, 5.74) is 4.07. The molecule has 3 aromatic rings. The summed E-state index contributed by atoms with van der Waals surface area (Å²) in [4.78, 5) is 2.35. The number of anilines is 1. The van der Waals surface area contributed by atoms with Crippen LogP contribution in [0.5, 0.6) is 0 Å². The van der Waals surface area contributed by atoms with Gasteiger partial charge in [-0.05, 0) is 24.5 Å². The zero-order valence-electron chi connectivity index (χ0n) is 14.8. The zero-order valence-corrected chi connectivity index (χ0v) is 14.8. The Labute approximate surface area is 153 Å². The lowest BCUT2D eigenvalue weighted by Gasteiger charge is -2.35. The molecule has 0 aliphatic carbocycles. The molecule has 1 aliphatic heterocycles. The number of hydrogen-bond acceptors (Lipinski definition) is 4. The van der Waals surface area contributed by atoms with E-state index in [2.05, 4.69) is 39.4 Å². The summed E-state index contributed by atoms with van der Waals surface area (Å²) < 4.78 is 2.01. The topological polar surface area (TPSA) is 57.7 Å². The molecule has 1 fully saturated rings. The van der Waals surface area contributed by atoms with Crippen LogP contribution in [0.25, 0.3) is 11.1 Å². The second-order valence-corrected chi connectivity index (χ2v) is 6.74. The molecule has 0 bridgehead atoms. The molecule has 4 rings (SSSR count). The predicted molar refractivity (Wildman–Crippen MR) is 102 cm³/mol. The van der Waals surface area contributed by atoms with E-state index in [9.17, 15) is 5.26 Å². The van der Waals surface area contributed by atoms with Gasteiger partial charge in [-0.25, -0.2) is 0 Å². The third-order valence-corrected chi connectivity index (χ3v) is 5.16. The van der Waals surface area contributed by atoms with Gasteiger partial charge in [0.25, 0.3) is 0 Å². The summed E-state index contributed by atoms with van der Waals surface area (Å²) in [5, 5.41) is 18.0. The highest BCUT2D eigenvalue weighted by molar-refractivity contribution is 5.83. The first-order valence-electron chi connectivity index (χ1n) is 8.95. The highest BCUT2D eigenvalue weighted by Gasteiger charge is 2.26. The van der Waals surface area contributed by atoms with Crippen molar-refractivity contribution in [1.82, 2.24) is 14.8 Å². The van der Waals surface area contributed by atoms with Crippen LogP contribution in [-0.2, 0) is 7.05 Å². The van der Waals surface area contributed by atoms with Crippen LogP contribution in [0, 0.1) is 11.3 Å². The van der Waals surface area contributed by atoms with Gasteiger partial charge in [0.1, 0.15) is 18.2 Å². The van der Waals surface area contributed by atoms with Crippen molar-refractivity contribution < 1.29 is 0 Å². The third-order valence-electron chi connectivity index (χ3n) is 5.16. The van der Waals surface area contributed by atoms with E-state index in [0.717, 1.165) is 54.1 Å². The van der Waals surface area contributed by atoms with Gasteiger partial charge in [-0.2, -0.15) is 5.26 Å². The van der Waals surface area contributed by atoms with Gasteiger partial charge in [0, 0.05) is 31.6 Å². The fourth-order valence-corrected chi connectivity index (χ4v) is 3.85. The minimum absolute atomic E-state index is 0.424. The lowest BCUT2D eigenvalue weighted by Crippen LogP contribution is -2.34. The smallest absolute Gasteiger partial charge is 0.135 e. The summed E-state index contributed by atoms with van der Waals surface area (Å²) in [7, 11) is 2.00. The predicted octanol–water partition coefficient (Wildman–Crippen LogP) is 3.74. The highest BCUT2D eigenvalue weighted by Crippen LogP contribution is 2.37. The van der Waals surface area contributed by atoms with Crippen molar-refractivity contribution in [3.63, 3.8) is 0 Å². The zero-order chi connectivity index (χ0) is 17.9. The molecule has 5 nitrogen and oxygen atoms in total. The quantitative estimate of drug-likeness (QED) is 0.727. The maximum absolute atomic E-state index is 9.66. The van der Waals surface area contributed by atoms with E-state index in [1.165, 1.54) is 0 Å². The van der Waals surface area contributed by atoms with Crippen LogP contribution in [0.4, 0.5) is 5.69 Å². The molecule has 2 heterocycles. The van der Waals surface area contributed by atoms with E-state index in [-0.39, 0.29) is 0 Å². The number of hydrogen-bond donors (Lipinski definition) is 0. The van der Waals surface area contributed by atoms with Crippen molar-refractivity contribution in [3.05, 3.63) is 66.2 Å². The van der Waals surface area contributed by atoms with Gasteiger partial charge >= 0.3 is 0 Å². The monoisotopic (exact) mass is 343 g/mol. The molecule has 1 saturated heterocycles. The first-order valence-corrected chi connectivity index (χ1v) is 8.95. The summed E-state index contributed by atoms with van der Waals surface area (Å²) in [6.07, 6.45) is 3.79. The van der Waals surface area contributed by atoms with Crippen LogP contribution in [0.1, 0.15) is 30.1 Å². The maximum atomic E-state index is 9.66. The van der Waals surface area contributed by atoms with Gasteiger partial charge in [-0.3, -0.25) is 0 Å². The van der Waals surface area contributed by atoms with E-state index in [4.69, 9.17) is 0 Å². The molecule has 0 saturated carbocycles. The molecule has 130 valence electrons. The normalized spacial score (nSPS) is 15.0. The van der Waals surface area contributed by atoms with Crippen LogP contribution in [-0.4, -0.2) is 27.9 Å². The van der Waals surface area contributed by atoms with Crippen molar-refractivity contribution in [3.8, 4) is 17.2 Å². The van der Waals surface area contributed by atoms with Gasteiger partial charge in [0.15, 0.2) is 0 Å². The van der Waals surface area contributed by atoms with Gasteiger partial charge in [-0.1, -0.05) is 42.5 Å². The molecule has 2 aromatic carbocycles. The van der Waals surface area contributed by atoms with Crippen LogP contribution >= 0.6 is 0 Å². The van der Waals surface area contributed by atoms with Crippen molar-refractivity contribution in [1.29, 1.82) is 5.26 Å². The van der Waals surface area contributed by atoms with Crippen molar-refractivity contribution in [2.45, 2.75) is 18.8 Å². The first-order chi connectivity index (χ1) is 12.8. The second kappa shape index (κ2) is 7.01. The number of para-hydroxylation sites is 1. The fourth-order valence-electron chi connectivity index (χ4n) is 3.85. The average molecular weight is 343 g/mol. The average Bonchev–Trinajstić information content (AvgIpc) is 3.14. The lowest BCUT2D eigenvalue weighted by molar-refractivity contribution is 0.474. The molecule has 0 radical (unpaired) electrons. The fraction of sp³-hybridized carbons (Fsp3) is 0.286. The molecule has 5 heteroatoms. The number of aryl methyl sites for hydroxylation is 1. The Bertz CT molecular complexity index is 931. The van der Waals surface area contributed by atoms with E-state index in [1.807, 2.05) is 41.9 Å². The largest absolute Gasteiger partial charge is 0.370 e. The third kappa shape index (κ3) is 2.95. The van der Waals surface area contributed by atoms with Gasteiger partial charge < -0.3 is 9.47 Å². The number of nitrogens with zero attached hydrogens (tertiary/aromatic N) is 5. The molecule has 0 unspecified atom stereocenters. The van der Waals surface area contributed by atoms with Crippen LogP contribution in [0.15, 0.2) is 54.9 Å². The first kappa shape index (κ1) is 16.3. The second-order valence-electron chi connectivity index (χ2n) is 6.74. The summed E-state index contributed by atoms with van der Waals surface area (Å²) in [6.45, 7) is 1.83. The number of aromatic nitrogens is 3. The van der Waals surface area contributed by atoms with Crippen molar-refractivity contribution in [2.75, 3.05) is 18.0 Å². The molecule has 1 aromatic heterocycles. The molecule has 1 aliphatic rings. The Morgan fingerprint density at radius 1 is 1.04 bits per heavy atom. The lowest BCUT2D eigenvalue weighted by atomic mass is 9.93. The van der Waals surface area contributed by atoms with Crippen LogP contribution in [0.2, 0.25) is 0 Å². The minimum atomic E-state index is 0.424. The SMILES string of the molecule is Cn1cnnc1C1CCN(c2c(C#N)cccc2-c2ccccc2)CC1. The minimum Gasteiger partial charge on any atom is -0.370 e. The van der Waals surface area contributed by atoms with Crippen LogP contribution in [0.3, 0.4) is 0 Å². The summed E-state index contributed by atoms with van der Waals surface area (Å²) in [5.74, 6) is 1.48. The molecule has 0 spiro atoms. The van der Waals surface area contributed by atoms with Crippen molar-refractivity contribution >= 4 is 5.69 Å². The summed E-state index contributed by atoms with van der Waals surface area (Å²) in [6, 6.07) is 18.7. The van der Waals surface area contributed by atoms with E-state index >= 15 is 0 Å². The highest BCUT2D eigenvalue weighted by atomic mass is 15.3. The van der Waals surface area contributed by atoms with E-state index < -0.39 is 0 Å². The number of rotatable bonds is 3. The Balaban J connectivity index is 1.64.